The van der Waals surface area contributed by atoms with Crippen molar-refractivity contribution in [3.63, 3.8) is 0 Å². The van der Waals surface area contributed by atoms with Gasteiger partial charge in [0.05, 0.1) is 11.7 Å². The molecule has 164 valence electrons. The van der Waals surface area contributed by atoms with Gasteiger partial charge in [-0.25, -0.2) is 8.78 Å². The molecule has 7 heteroatoms. The molecule has 1 aromatic heterocycles. The summed E-state index contributed by atoms with van der Waals surface area (Å²) in [5, 5.41) is 7.32. The molecule has 1 amide bonds. The maximum Gasteiger partial charge on any atom is 0.239 e. The van der Waals surface area contributed by atoms with E-state index >= 15 is 0 Å². The van der Waals surface area contributed by atoms with E-state index in [2.05, 4.69) is 10.2 Å². The molecular weight excluding hydrogens is 398 g/mol. The summed E-state index contributed by atoms with van der Waals surface area (Å²) in [6.45, 7) is 2.99. The Labute approximate surface area is 181 Å². The van der Waals surface area contributed by atoms with Gasteiger partial charge < -0.3 is 4.90 Å². The Morgan fingerprint density at radius 3 is 2.52 bits per heavy atom. The maximum atomic E-state index is 13.4. The Balaban J connectivity index is 1.47. The molecule has 0 radical (unpaired) electrons. The van der Waals surface area contributed by atoms with Gasteiger partial charge in [-0.15, -0.1) is 0 Å². The van der Waals surface area contributed by atoms with E-state index in [9.17, 15) is 13.6 Å². The van der Waals surface area contributed by atoms with Crippen molar-refractivity contribution in [2.75, 3.05) is 20.6 Å². The molecule has 0 aliphatic carbocycles. The Morgan fingerprint density at radius 1 is 1.06 bits per heavy atom. The Kier molecular flexibility index (Phi) is 7.52. The highest BCUT2D eigenvalue weighted by Gasteiger charge is 2.21. The monoisotopic (exact) mass is 426 g/mol. The van der Waals surface area contributed by atoms with Gasteiger partial charge in [0, 0.05) is 24.8 Å². The molecule has 0 aliphatic rings. The van der Waals surface area contributed by atoms with Gasteiger partial charge in [0.1, 0.15) is 11.6 Å². The lowest BCUT2D eigenvalue weighted by molar-refractivity contribution is -0.135. The molecule has 0 aliphatic heterocycles. The number of nitrogens with zero attached hydrogens (tertiary/aromatic N) is 3. The number of hydrogen-bond acceptors (Lipinski definition) is 3. The second-order valence-electron chi connectivity index (χ2n) is 7.87. The largest absolute Gasteiger partial charge is 0.340 e. The number of aromatic amines is 1. The van der Waals surface area contributed by atoms with E-state index in [-0.39, 0.29) is 23.6 Å². The average molecular weight is 427 g/mol. The molecule has 3 aromatic rings. The molecule has 3 rings (SSSR count). The van der Waals surface area contributed by atoms with Crippen molar-refractivity contribution in [3.8, 4) is 11.3 Å². The molecule has 1 heterocycles. The second-order valence-corrected chi connectivity index (χ2v) is 7.87. The highest BCUT2D eigenvalue weighted by molar-refractivity contribution is 5.81. The van der Waals surface area contributed by atoms with Crippen LogP contribution in [0, 0.1) is 11.6 Å². The summed E-state index contributed by atoms with van der Waals surface area (Å²) in [5.41, 5.74) is 3.41. The van der Waals surface area contributed by atoms with Crippen LogP contribution in [-0.2, 0) is 17.8 Å². The predicted octanol–water partition coefficient (Wildman–Crippen LogP) is 4.27. The standard InChI is InChI=1S/C24H28F2N4O/c1-17(24(31)30(3)16-18-6-4-7-21(26)14-18)29(2)13-5-8-22-15-23(28-27-22)19-9-11-20(25)12-10-19/h4,6-7,9-12,14-15,17H,5,8,13,16H2,1-3H3,(H,27,28). The minimum atomic E-state index is -0.301. The van der Waals surface area contributed by atoms with Crippen molar-refractivity contribution >= 4 is 5.91 Å². The fraction of sp³-hybridized carbons (Fsp3) is 0.333. The maximum absolute atomic E-state index is 13.4. The summed E-state index contributed by atoms with van der Waals surface area (Å²) >= 11 is 0. The number of aromatic nitrogens is 2. The number of amides is 1. The zero-order valence-corrected chi connectivity index (χ0v) is 18.1. The van der Waals surface area contributed by atoms with Gasteiger partial charge in [-0.1, -0.05) is 12.1 Å². The highest BCUT2D eigenvalue weighted by atomic mass is 19.1. The van der Waals surface area contributed by atoms with Crippen LogP contribution in [0.1, 0.15) is 24.6 Å². The van der Waals surface area contributed by atoms with Crippen molar-refractivity contribution in [3.05, 3.63) is 77.5 Å². The summed E-state index contributed by atoms with van der Waals surface area (Å²) < 4.78 is 26.4. The number of nitrogens with one attached hydrogen (secondary N) is 1. The van der Waals surface area contributed by atoms with E-state index in [1.807, 2.05) is 31.0 Å². The number of carbonyl (C=O) groups is 1. The quantitative estimate of drug-likeness (QED) is 0.556. The third-order valence-corrected chi connectivity index (χ3v) is 5.43. The van der Waals surface area contributed by atoms with Crippen LogP contribution in [0.4, 0.5) is 8.78 Å². The first kappa shape index (κ1) is 22.6. The number of aryl methyl sites for hydroxylation is 1. The summed E-state index contributed by atoms with van der Waals surface area (Å²) in [6, 6.07) is 14.2. The number of H-pyrrole nitrogens is 1. The lowest BCUT2D eigenvalue weighted by Crippen LogP contribution is -2.44. The third-order valence-electron chi connectivity index (χ3n) is 5.43. The molecule has 1 unspecified atom stereocenters. The van der Waals surface area contributed by atoms with Crippen molar-refractivity contribution in [2.45, 2.75) is 32.4 Å². The molecule has 1 N–H and O–H groups in total. The van der Waals surface area contributed by atoms with E-state index in [1.165, 1.54) is 24.3 Å². The van der Waals surface area contributed by atoms with Gasteiger partial charge in [-0.3, -0.25) is 14.8 Å². The molecule has 1 atom stereocenters. The smallest absolute Gasteiger partial charge is 0.239 e. The van der Waals surface area contributed by atoms with E-state index < -0.39 is 0 Å². The first-order valence-electron chi connectivity index (χ1n) is 10.3. The summed E-state index contributed by atoms with van der Waals surface area (Å²) in [4.78, 5) is 16.4. The van der Waals surface area contributed by atoms with Gasteiger partial charge in [-0.05, 0) is 81.4 Å². The van der Waals surface area contributed by atoms with Crippen LogP contribution in [-0.4, -0.2) is 52.6 Å². The van der Waals surface area contributed by atoms with Crippen LogP contribution < -0.4 is 0 Å². The SMILES string of the molecule is CC(C(=O)N(C)Cc1cccc(F)c1)N(C)CCCc1cc(-c2ccc(F)cc2)n[nH]1. The molecule has 31 heavy (non-hydrogen) atoms. The van der Waals surface area contributed by atoms with Crippen molar-refractivity contribution in [1.82, 2.24) is 20.0 Å². The van der Waals surface area contributed by atoms with Crippen molar-refractivity contribution in [2.24, 2.45) is 0 Å². The van der Waals surface area contributed by atoms with Crippen LogP contribution in [0.3, 0.4) is 0 Å². The van der Waals surface area contributed by atoms with Gasteiger partial charge in [0.15, 0.2) is 0 Å². The predicted molar refractivity (Wildman–Crippen MR) is 117 cm³/mol. The molecule has 5 nitrogen and oxygen atoms in total. The number of hydrogen-bond donors (Lipinski definition) is 1. The highest BCUT2D eigenvalue weighted by Crippen LogP contribution is 2.18. The first-order chi connectivity index (χ1) is 14.8. The summed E-state index contributed by atoms with van der Waals surface area (Å²) in [6.07, 6.45) is 1.64. The minimum Gasteiger partial charge on any atom is -0.340 e. The topological polar surface area (TPSA) is 52.2 Å². The van der Waals surface area contributed by atoms with Gasteiger partial charge in [-0.2, -0.15) is 5.10 Å². The van der Waals surface area contributed by atoms with Gasteiger partial charge in [0.2, 0.25) is 5.91 Å². The van der Waals surface area contributed by atoms with Gasteiger partial charge >= 0.3 is 0 Å². The Bertz CT molecular complexity index is 1000. The zero-order chi connectivity index (χ0) is 22.4. The van der Waals surface area contributed by atoms with Crippen molar-refractivity contribution in [1.29, 1.82) is 0 Å². The van der Waals surface area contributed by atoms with E-state index in [1.54, 1.807) is 30.1 Å². The molecular formula is C24H28F2N4O. The van der Waals surface area contributed by atoms with Crippen LogP contribution in [0.5, 0.6) is 0 Å². The van der Waals surface area contributed by atoms with Crippen LogP contribution in [0.25, 0.3) is 11.3 Å². The Morgan fingerprint density at radius 2 is 1.81 bits per heavy atom. The van der Waals surface area contributed by atoms with Gasteiger partial charge in [0.25, 0.3) is 0 Å². The molecule has 0 saturated heterocycles. The van der Waals surface area contributed by atoms with E-state index in [4.69, 9.17) is 0 Å². The zero-order valence-electron chi connectivity index (χ0n) is 18.1. The summed E-state index contributed by atoms with van der Waals surface area (Å²) in [7, 11) is 3.66. The number of benzene rings is 2. The number of halogens is 2. The number of carbonyl (C=O) groups excluding carboxylic acids is 1. The fourth-order valence-corrected chi connectivity index (χ4v) is 3.47. The fourth-order valence-electron chi connectivity index (χ4n) is 3.47. The van der Waals surface area contributed by atoms with Crippen LogP contribution >= 0.6 is 0 Å². The normalized spacial score (nSPS) is 12.2. The molecule has 0 bridgehead atoms. The van der Waals surface area contributed by atoms with Crippen LogP contribution in [0.2, 0.25) is 0 Å². The summed E-state index contributed by atoms with van der Waals surface area (Å²) in [5.74, 6) is -0.579. The number of rotatable bonds is 9. The second kappa shape index (κ2) is 10.3. The molecule has 2 aromatic carbocycles. The third kappa shape index (κ3) is 6.21. The molecule has 0 spiro atoms. The Hall–Kier alpha value is -3.06. The minimum absolute atomic E-state index is 0.00750. The average Bonchev–Trinajstić information content (AvgIpc) is 3.22. The number of likely N-dealkylation sites (N-methyl/N-ethyl adjacent to an activating group) is 2. The lowest BCUT2D eigenvalue weighted by Gasteiger charge is -2.28. The molecule has 0 saturated carbocycles. The van der Waals surface area contributed by atoms with Crippen LogP contribution in [0.15, 0.2) is 54.6 Å². The first-order valence-corrected chi connectivity index (χ1v) is 10.3. The van der Waals surface area contributed by atoms with E-state index in [0.29, 0.717) is 6.54 Å². The van der Waals surface area contributed by atoms with E-state index in [0.717, 1.165) is 41.9 Å². The van der Waals surface area contributed by atoms with Crippen molar-refractivity contribution < 1.29 is 13.6 Å². The molecule has 0 fully saturated rings. The lowest BCUT2D eigenvalue weighted by atomic mass is 10.1.